The molecule has 0 unspecified atom stereocenters. The standard InChI is InChI=1S/C21H22Cl2N6O3/c1-21(2,3)32-20(31)28-16(10-4-5-10)18-27-17-12(23)7-6-11(22)15(17)19(30)29(18)14-9-25-13(24)8-26-14/h6-10,16H,4-5H2,1-3H3,(H2,24,25)(H,28,31)/t16-/m0/s1. The number of nitrogens with zero attached hydrogens (tertiary/aromatic N) is 4. The molecule has 9 nitrogen and oxygen atoms in total. The zero-order chi connectivity index (χ0) is 23.2. The van der Waals surface area contributed by atoms with Gasteiger partial charge in [-0.3, -0.25) is 4.79 Å². The second-order valence-electron chi connectivity index (χ2n) is 8.62. The number of aromatic nitrogens is 4. The van der Waals surface area contributed by atoms with Gasteiger partial charge >= 0.3 is 6.09 Å². The fraction of sp³-hybridized carbons (Fsp3) is 0.381. The summed E-state index contributed by atoms with van der Waals surface area (Å²) >= 11 is 12.7. The summed E-state index contributed by atoms with van der Waals surface area (Å²) in [5, 5.41) is 3.48. The molecule has 0 radical (unpaired) electrons. The van der Waals surface area contributed by atoms with Crippen LogP contribution in [-0.2, 0) is 4.74 Å². The van der Waals surface area contributed by atoms with Crippen LogP contribution in [0.1, 0.15) is 45.5 Å². The van der Waals surface area contributed by atoms with Gasteiger partial charge in [0.15, 0.2) is 5.82 Å². The van der Waals surface area contributed by atoms with Gasteiger partial charge in [0.05, 0.1) is 39.4 Å². The number of hydrogen-bond acceptors (Lipinski definition) is 7. The maximum atomic E-state index is 13.6. The Hall–Kier alpha value is -2.91. The van der Waals surface area contributed by atoms with E-state index in [1.165, 1.54) is 23.0 Å². The zero-order valence-corrected chi connectivity index (χ0v) is 19.2. The van der Waals surface area contributed by atoms with E-state index in [2.05, 4.69) is 20.3 Å². The normalized spacial score (nSPS) is 14.9. The number of benzene rings is 1. The number of amides is 1. The number of nitrogens with one attached hydrogen (secondary N) is 1. The number of carbonyl (C=O) groups is 1. The van der Waals surface area contributed by atoms with Gasteiger partial charge in [-0.2, -0.15) is 0 Å². The first kappa shape index (κ1) is 22.3. The van der Waals surface area contributed by atoms with Crippen molar-refractivity contribution in [3.63, 3.8) is 0 Å². The third kappa shape index (κ3) is 4.49. The highest BCUT2D eigenvalue weighted by Gasteiger charge is 2.38. The SMILES string of the molecule is CC(C)(C)OC(=O)N[C@H](c1nc2c(Cl)ccc(Cl)c2c(=O)n1-c1cnc(N)cn1)C1CC1. The summed E-state index contributed by atoms with van der Waals surface area (Å²) in [7, 11) is 0. The van der Waals surface area contributed by atoms with Crippen molar-refractivity contribution in [3.8, 4) is 5.82 Å². The van der Waals surface area contributed by atoms with Crippen LogP contribution in [0, 0.1) is 5.92 Å². The van der Waals surface area contributed by atoms with Crippen molar-refractivity contribution in [2.45, 2.75) is 45.3 Å². The number of alkyl carbamates (subject to hydrolysis) is 1. The van der Waals surface area contributed by atoms with E-state index in [1.54, 1.807) is 26.8 Å². The number of nitrogen functional groups attached to an aromatic ring is 1. The van der Waals surface area contributed by atoms with Crippen LogP contribution >= 0.6 is 23.2 Å². The van der Waals surface area contributed by atoms with Crippen molar-refractivity contribution < 1.29 is 9.53 Å². The molecule has 2 heterocycles. The number of anilines is 1. The summed E-state index contributed by atoms with van der Waals surface area (Å²) in [6.45, 7) is 5.32. The Bertz CT molecular complexity index is 1250. The minimum absolute atomic E-state index is 0.0674. The third-order valence-electron chi connectivity index (χ3n) is 4.88. The van der Waals surface area contributed by atoms with Crippen molar-refractivity contribution in [3.05, 3.63) is 50.7 Å². The fourth-order valence-corrected chi connectivity index (χ4v) is 3.80. The molecule has 3 aromatic rings. The van der Waals surface area contributed by atoms with E-state index < -0.39 is 23.3 Å². The number of hydrogen-bond donors (Lipinski definition) is 2. The van der Waals surface area contributed by atoms with Crippen molar-refractivity contribution in [1.29, 1.82) is 0 Å². The molecule has 1 aliphatic carbocycles. The number of rotatable bonds is 4. The molecule has 11 heteroatoms. The minimum atomic E-state index is -0.687. The van der Waals surface area contributed by atoms with E-state index in [0.717, 1.165) is 12.8 Å². The maximum Gasteiger partial charge on any atom is 0.408 e. The molecule has 1 aromatic carbocycles. The first-order valence-electron chi connectivity index (χ1n) is 10.0. The number of nitrogens with two attached hydrogens (primary N) is 1. The topological polar surface area (TPSA) is 125 Å². The molecular weight excluding hydrogens is 455 g/mol. The summed E-state index contributed by atoms with van der Waals surface area (Å²) in [4.78, 5) is 39.2. The molecule has 0 saturated heterocycles. The predicted octanol–water partition coefficient (Wildman–Crippen LogP) is 4.04. The summed E-state index contributed by atoms with van der Waals surface area (Å²) in [6.07, 6.45) is 3.79. The molecule has 0 spiro atoms. The average Bonchev–Trinajstić information content (AvgIpc) is 3.53. The lowest BCUT2D eigenvalue weighted by Crippen LogP contribution is -2.39. The molecule has 1 atom stereocenters. The monoisotopic (exact) mass is 476 g/mol. The van der Waals surface area contributed by atoms with Crippen LogP contribution in [0.25, 0.3) is 16.7 Å². The average molecular weight is 477 g/mol. The lowest BCUT2D eigenvalue weighted by Gasteiger charge is -2.25. The Balaban J connectivity index is 1.94. The van der Waals surface area contributed by atoms with Crippen molar-refractivity contribution >= 4 is 46.0 Å². The summed E-state index contributed by atoms with van der Waals surface area (Å²) < 4.78 is 6.72. The van der Waals surface area contributed by atoms with Gasteiger partial charge in [-0.25, -0.2) is 24.3 Å². The largest absolute Gasteiger partial charge is 0.444 e. The second-order valence-corrected chi connectivity index (χ2v) is 9.44. The van der Waals surface area contributed by atoms with Gasteiger partial charge in [0.2, 0.25) is 0 Å². The van der Waals surface area contributed by atoms with Crippen LogP contribution < -0.4 is 16.6 Å². The number of halogens is 2. The molecule has 1 fully saturated rings. The van der Waals surface area contributed by atoms with Crippen molar-refractivity contribution in [2.75, 3.05) is 5.73 Å². The number of carbonyl (C=O) groups excluding carboxylic acids is 1. The molecule has 2 aromatic heterocycles. The minimum Gasteiger partial charge on any atom is -0.444 e. The quantitative estimate of drug-likeness (QED) is 0.581. The molecule has 1 amide bonds. The Morgan fingerprint density at radius 1 is 1.22 bits per heavy atom. The van der Waals surface area contributed by atoms with E-state index in [1.807, 2.05) is 0 Å². The second kappa shape index (κ2) is 8.22. The zero-order valence-electron chi connectivity index (χ0n) is 17.7. The van der Waals surface area contributed by atoms with Crippen molar-refractivity contribution in [1.82, 2.24) is 24.8 Å². The lowest BCUT2D eigenvalue weighted by atomic mass is 10.1. The highest BCUT2D eigenvalue weighted by Crippen LogP contribution is 2.41. The molecule has 4 rings (SSSR count). The van der Waals surface area contributed by atoms with Gasteiger partial charge < -0.3 is 15.8 Å². The van der Waals surface area contributed by atoms with Gasteiger partial charge in [0.1, 0.15) is 17.2 Å². The smallest absolute Gasteiger partial charge is 0.408 e. The summed E-state index contributed by atoms with van der Waals surface area (Å²) in [5.74, 6) is 0.724. The van der Waals surface area contributed by atoms with Gasteiger partial charge in [0.25, 0.3) is 5.56 Å². The molecule has 3 N–H and O–H groups in total. The van der Waals surface area contributed by atoms with E-state index in [9.17, 15) is 9.59 Å². The van der Waals surface area contributed by atoms with Crippen molar-refractivity contribution in [2.24, 2.45) is 5.92 Å². The predicted molar refractivity (Wildman–Crippen MR) is 122 cm³/mol. The molecule has 1 saturated carbocycles. The molecule has 1 aliphatic rings. The third-order valence-corrected chi connectivity index (χ3v) is 5.50. The van der Waals surface area contributed by atoms with Gasteiger partial charge in [0, 0.05) is 0 Å². The Morgan fingerprint density at radius 2 is 1.91 bits per heavy atom. The molecular formula is C21H22Cl2N6O3. The van der Waals surface area contributed by atoms with E-state index in [0.29, 0.717) is 0 Å². The van der Waals surface area contributed by atoms with Gasteiger partial charge in [-0.15, -0.1) is 0 Å². The lowest BCUT2D eigenvalue weighted by molar-refractivity contribution is 0.0493. The van der Waals surface area contributed by atoms with Crippen LogP contribution in [0.3, 0.4) is 0 Å². The number of ether oxygens (including phenoxy) is 1. The summed E-state index contributed by atoms with van der Waals surface area (Å²) in [5.41, 5.74) is 4.75. The van der Waals surface area contributed by atoms with Crippen LogP contribution in [0.15, 0.2) is 29.3 Å². The van der Waals surface area contributed by atoms with E-state index in [-0.39, 0.29) is 44.3 Å². The highest BCUT2D eigenvalue weighted by molar-refractivity contribution is 6.39. The van der Waals surface area contributed by atoms with Crippen LogP contribution in [0.2, 0.25) is 10.0 Å². The maximum absolute atomic E-state index is 13.6. The Morgan fingerprint density at radius 3 is 2.50 bits per heavy atom. The van der Waals surface area contributed by atoms with Gasteiger partial charge in [-0.1, -0.05) is 23.2 Å². The van der Waals surface area contributed by atoms with E-state index >= 15 is 0 Å². The van der Waals surface area contributed by atoms with E-state index in [4.69, 9.17) is 33.7 Å². The molecule has 0 bridgehead atoms. The molecule has 168 valence electrons. The Labute approximate surface area is 193 Å². The molecule has 32 heavy (non-hydrogen) atoms. The molecule has 0 aliphatic heterocycles. The summed E-state index contributed by atoms with van der Waals surface area (Å²) in [6, 6.07) is 2.49. The van der Waals surface area contributed by atoms with Crippen LogP contribution in [0.4, 0.5) is 10.6 Å². The first-order valence-corrected chi connectivity index (χ1v) is 10.8. The highest BCUT2D eigenvalue weighted by atomic mass is 35.5. The number of fused-ring (bicyclic) bond motifs is 1. The van der Waals surface area contributed by atoms with Gasteiger partial charge in [-0.05, 0) is 51.7 Å². The fourth-order valence-electron chi connectivity index (χ4n) is 3.37. The van der Waals surface area contributed by atoms with Crippen LogP contribution in [0.5, 0.6) is 0 Å². The van der Waals surface area contributed by atoms with Crippen LogP contribution in [-0.4, -0.2) is 31.2 Å². The first-order chi connectivity index (χ1) is 15.0. The Kier molecular flexibility index (Phi) is 5.72.